The molecule has 0 saturated heterocycles. The second-order valence-electron chi connectivity index (χ2n) is 7.60. The molecule has 0 fully saturated rings. The van der Waals surface area contributed by atoms with E-state index >= 15 is 0 Å². The minimum atomic E-state index is -3.62. The summed E-state index contributed by atoms with van der Waals surface area (Å²) in [6.07, 6.45) is 2.25. The highest BCUT2D eigenvalue weighted by Crippen LogP contribution is 2.23. The molecule has 3 aromatic rings. The topological polar surface area (TPSA) is 84.5 Å². The number of hydrogen-bond acceptors (Lipinski definition) is 4. The minimum Gasteiger partial charge on any atom is -0.484 e. The first-order valence-electron chi connectivity index (χ1n) is 11.1. The molecule has 0 spiro atoms. The van der Waals surface area contributed by atoms with E-state index in [-0.39, 0.29) is 17.4 Å². The zero-order chi connectivity index (χ0) is 23.7. The SMILES string of the molecule is CCc1cccc(CC)c1NC(=O)COc1ccc(S(=O)(=O)NCCc2ccccc2)cc1. The zero-order valence-corrected chi connectivity index (χ0v) is 19.8. The zero-order valence-electron chi connectivity index (χ0n) is 19.0. The van der Waals surface area contributed by atoms with Crippen molar-refractivity contribution in [3.05, 3.63) is 89.5 Å². The van der Waals surface area contributed by atoms with E-state index in [9.17, 15) is 13.2 Å². The molecular formula is C26H30N2O4S. The predicted octanol–water partition coefficient (Wildman–Crippen LogP) is 4.35. The highest BCUT2D eigenvalue weighted by Gasteiger charge is 2.14. The molecule has 0 heterocycles. The van der Waals surface area contributed by atoms with Gasteiger partial charge in [0, 0.05) is 12.2 Å². The summed E-state index contributed by atoms with van der Waals surface area (Å²) in [7, 11) is -3.62. The molecule has 3 rings (SSSR count). The van der Waals surface area contributed by atoms with E-state index in [1.807, 2.05) is 62.4 Å². The Labute approximate surface area is 196 Å². The number of para-hydroxylation sites is 1. The van der Waals surface area contributed by atoms with Crippen molar-refractivity contribution in [3.8, 4) is 5.75 Å². The molecule has 0 aliphatic rings. The quantitative estimate of drug-likeness (QED) is 0.440. The third-order valence-corrected chi connectivity index (χ3v) is 6.79. The van der Waals surface area contributed by atoms with Crippen LogP contribution in [-0.4, -0.2) is 27.5 Å². The molecule has 0 aliphatic carbocycles. The maximum absolute atomic E-state index is 12.5. The smallest absolute Gasteiger partial charge is 0.262 e. The first-order chi connectivity index (χ1) is 15.9. The summed E-state index contributed by atoms with van der Waals surface area (Å²) in [5.41, 5.74) is 4.07. The van der Waals surface area contributed by atoms with Gasteiger partial charge in [0.1, 0.15) is 5.75 Å². The minimum absolute atomic E-state index is 0.150. The Morgan fingerprint density at radius 2 is 1.48 bits per heavy atom. The fourth-order valence-electron chi connectivity index (χ4n) is 3.50. The number of sulfonamides is 1. The lowest BCUT2D eigenvalue weighted by Crippen LogP contribution is -2.26. The number of anilines is 1. The third-order valence-electron chi connectivity index (χ3n) is 5.32. The number of hydrogen-bond donors (Lipinski definition) is 2. The van der Waals surface area contributed by atoms with Crippen LogP contribution >= 0.6 is 0 Å². The van der Waals surface area contributed by atoms with E-state index < -0.39 is 10.0 Å². The molecule has 0 radical (unpaired) electrons. The number of carbonyl (C=O) groups is 1. The normalized spacial score (nSPS) is 11.2. The average Bonchev–Trinajstić information content (AvgIpc) is 2.83. The van der Waals surface area contributed by atoms with Crippen LogP contribution in [0.1, 0.15) is 30.5 Å². The summed E-state index contributed by atoms with van der Waals surface area (Å²) in [5.74, 6) is 0.165. The summed E-state index contributed by atoms with van der Waals surface area (Å²) in [6.45, 7) is 4.24. The van der Waals surface area contributed by atoms with E-state index in [0.717, 1.165) is 35.2 Å². The Bertz CT molecular complexity index is 1140. The Hall–Kier alpha value is -3.16. The maximum atomic E-state index is 12.5. The molecule has 3 aromatic carbocycles. The molecule has 0 saturated carbocycles. The largest absolute Gasteiger partial charge is 0.484 e. The molecule has 0 aromatic heterocycles. The monoisotopic (exact) mass is 466 g/mol. The molecule has 0 unspecified atom stereocenters. The summed E-state index contributed by atoms with van der Waals surface area (Å²) >= 11 is 0. The number of ether oxygens (including phenoxy) is 1. The molecule has 0 atom stereocenters. The van der Waals surface area contributed by atoms with Crippen molar-refractivity contribution in [2.45, 2.75) is 38.0 Å². The van der Waals surface area contributed by atoms with Crippen LogP contribution in [0.3, 0.4) is 0 Å². The summed E-state index contributed by atoms with van der Waals surface area (Å²) in [4.78, 5) is 12.6. The Kier molecular flexibility index (Phi) is 8.63. The van der Waals surface area contributed by atoms with Crippen LogP contribution < -0.4 is 14.8 Å². The van der Waals surface area contributed by atoms with E-state index in [1.54, 1.807) is 12.1 Å². The van der Waals surface area contributed by atoms with Crippen LogP contribution in [0.2, 0.25) is 0 Å². The van der Waals surface area contributed by atoms with Crippen molar-refractivity contribution in [1.29, 1.82) is 0 Å². The van der Waals surface area contributed by atoms with Crippen molar-refractivity contribution < 1.29 is 17.9 Å². The van der Waals surface area contributed by atoms with Crippen molar-refractivity contribution in [2.24, 2.45) is 0 Å². The number of amides is 1. The van der Waals surface area contributed by atoms with E-state index in [1.165, 1.54) is 12.1 Å². The van der Waals surface area contributed by atoms with Gasteiger partial charge in [0.05, 0.1) is 4.90 Å². The number of rotatable bonds is 11. The van der Waals surface area contributed by atoms with Gasteiger partial charge >= 0.3 is 0 Å². The lowest BCUT2D eigenvalue weighted by Gasteiger charge is -2.15. The van der Waals surface area contributed by atoms with E-state index in [2.05, 4.69) is 10.0 Å². The van der Waals surface area contributed by atoms with Gasteiger partial charge in [-0.3, -0.25) is 4.79 Å². The van der Waals surface area contributed by atoms with Crippen molar-refractivity contribution in [1.82, 2.24) is 4.72 Å². The van der Waals surface area contributed by atoms with Gasteiger partial charge in [-0.1, -0.05) is 62.4 Å². The van der Waals surface area contributed by atoms with Gasteiger partial charge < -0.3 is 10.1 Å². The van der Waals surface area contributed by atoms with Gasteiger partial charge in [-0.2, -0.15) is 0 Å². The van der Waals surface area contributed by atoms with E-state index in [4.69, 9.17) is 4.74 Å². The van der Waals surface area contributed by atoms with Crippen molar-refractivity contribution in [3.63, 3.8) is 0 Å². The molecule has 1 amide bonds. The van der Waals surface area contributed by atoms with Gasteiger partial charge in [0.25, 0.3) is 5.91 Å². The number of aryl methyl sites for hydroxylation is 2. The molecule has 174 valence electrons. The molecule has 2 N–H and O–H groups in total. The first kappa shape index (κ1) is 24.5. The van der Waals surface area contributed by atoms with Crippen LogP contribution in [0.5, 0.6) is 5.75 Å². The number of benzene rings is 3. The molecular weight excluding hydrogens is 436 g/mol. The van der Waals surface area contributed by atoms with Crippen LogP contribution in [0.15, 0.2) is 77.7 Å². The van der Waals surface area contributed by atoms with Gasteiger partial charge in [-0.05, 0) is 60.2 Å². The van der Waals surface area contributed by atoms with E-state index in [0.29, 0.717) is 18.7 Å². The molecule has 0 bridgehead atoms. The molecule has 6 nitrogen and oxygen atoms in total. The van der Waals surface area contributed by atoms with Crippen molar-refractivity contribution >= 4 is 21.6 Å². The lowest BCUT2D eigenvalue weighted by molar-refractivity contribution is -0.118. The van der Waals surface area contributed by atoms with Crippen molar-refractivity contribution in [2.75, 3.05) is 18.5 Å². The highest BCUT2D eigenvalue weighted by atomic mass is 32.2. The second kappa shape index (κ2) is 11.6. The van der Waals surface area contributed by atoms with Gasteiger partial charge in [0.2, 0.25) is 10.0 Å². The number of nitrogens with one attached hydrogen (secondary N) is 2. The first-order valence-corrected chi connectivity index (χ1v) is 12.6. The Balaban J connectivity index is 1.53. The fraction of sp³-hybridized carbons (Fsp3) is 0.269. The summed E-state index contributed by atoms with van der Waals surface area (Å²) < 4.78 is 33.2. The maximum Gasteiger partial charge on any atom is 0.262 e. The Morgan fingerprint density at radius 3 is 2.09 bits per heavy atom. The lowest BCUT2D eigenvalue weighted by atomic mass is 10.0. The third kappa shape index (κ3) is 6.91. The fourth-order valence-corrected chi connectivity index (χ4v) is 4.53. The summed E-state index contributed by atoms with van der Waals surface area (Å²) in [5, 5.41) is 2.95. The molecule has 7 heteroatoms. The summed E-state index contributed by atoms with van der Waals surface area (Å²) in [6, 6.07) is 21.7. The molecule has 0 aliphatic heterocycles. The van der Waals surface area contributed by atoms with Gasteiger partial charge in [0.15, 0.2) is 6.61 Å². The Morgan fingerprint density at radius 1 is 0.848 bits per heavy atom. The van der Waals surface area contributed by atoms with Gasteiger partial charge in [-0.25, -0.2) is 13.1 Å². The van der Waals surface area contributed by atoms with Crippen LogP contribution in [0.25, 0.3) is 0 Å². The van der Waals surface area contributed by atoms with Crippen LogP contribution in [0, 0.1) is 0 Å². The standard InChI is InChI=1S/C26H30N2O4S/c1-3-21-11-8-12-22(4-2)26(21)28-25(29)19-32-23-13-15-24(16-14-23)33(30,31)27-18-17-20-9-6-5-7-10-20/h5-16,27H,3-4,17-19H2,1-2H3,(H,28,29). The average molecular weight is 467 g/mol. The van der Waals surface area contributed by atoms with Gasteiger partial charge in [-0.15, -0.1) is 0 Å². The van der Waals surface area contributed by atoms with Crippen LogP contribution in [0.4, 0.5) is 5.69 Å². The predicted molar refractivity (Wildman–Crippen MR) is 131 cm³/mol. The number of carbonyl (C=O) groups excluding carboxylic acids is 1. The second-order valence-corrected chi connectivity index (χ2v) is 9.37. The molecule has 33 heavy (non-hydrogen) atoms. The highest BCUT2D eigenvalue weighted by molar-refractivity contribution is 7.89. The van der Waals surface area contributed by atoms with Crippen LogP contribution in [-0.2, 0) is 34.1 Å².